The van der Waals surface area contributed by atoms with Crippen molar-refractivity contribution in [1.29, 1.82) is 0 Å². The molecule has 0 amide bonds. The van der Waals surface area contributed by atoms with Crippen LogP contribution in [0.15, 0.2) is 6.07 Å². The molecule has 1 rings (SSSR count). The van der Waals surface area contributed by atoms with Crippen LogP contribution in [0.2, 0.25) is 0 Å². The fourth-order valence-corrected chi connectivity index (χ4v) is 1.55. The van der Waals surface area contributed by atoms with E-state index in [9.17, 15) is 0 Å². The number of nitrogens with two attached hydrogens (primary N) is 1. The first-order chi connectivity index (χ1) is 7.21. The first-order valence-electron chi connectivity index (χ1n) is 5.52. The van der Waals surface area contributed by atoms with E-state index in [2.05, 4.69) is 57.7 Å². The normalized spacial score (nSPS) is 14.2. The molecule has 0 aliphatic rings. The van der Waals surface area contributed by atoms with Crippen LogP contribution in [0.25, 0.3) is 0 Å². The van der Waals surface area contributed by atoms with Crippen LogP contribution in [0.4, 0.5) is 5.82 Å². The second-order valence-corrected chi connectivity index (χ2v) is 5.85. The van der Waals surface area contributed by atoms with Gasteiger partial charge in [-0.2, -0.15) is 5.10 Å². The molecule has 1 aromatic rings. The molecule has 0 aliphatic carbocycles. The Morgan fingerprint density at radius 3 is 2.38 bits per heavy atom. The van der Waals surface area contributed by atoms with Gasteiger partial charge in [-0.3, -0.25) is 0 Å². The Morgan fingerprint density at radius 2 is 2.00 bits per heavy atom. The van der Waals surface area contributed by atoms with Crippen LogP contribution in [-0.4, -0.2) is 15.3 Å². The third-order valence-corrected chi connectivity index (χ3v) is 2.42. The average Bonchev–Trinajstić information content (AvgIpc) is 2.45. The molecule has 1 aromatic heterocycles. The van der Waals surface area contributed by atoms with Gasteiger partial charge >= 0.3 is 0 Å². The third kappa shape index (κ3) is 3.15. The second-order valence-electron chi connectivity index (χ2n) is 5.29. The van der Waals surface area contributed by atoms with Crippen LogP contribution >= 0.6 is 12.6 Å². The van der Waals surface area contributed by atoms with Gasteiger partial charge in [0.2, 0.25) is 0 Å². The lowest BCUT2D eigenvalue weighted by molar-refractivity contribution is 0.498. The van der Waals surface area contributed by atoms with E-state index >= 15 is 0 Å². The van der Waals surface area contributed by atoms with E-state index in [4.69, 9.17) is 5.73 Å². The summed E-state index contributed by atoms with van der Waals surface area (Å²) in [4.78, 5) is 0. The van der Waals surface area contributed by atoms with Crippen molar-refractivity contribution in [3.63, 3.8) is 0 Å². The van der Waals surface area contributed by atoms with Gasteiger partial charge in [0.25, 0.3) is 0 Å². The summed E-state index contributed by atoms with van der Waals surface area (Å²) in [5, 5.41) is 7.69. The minimum Gasteiger partial charge on any atom is -0.347 e. The molecule has 0 saturated heterocycles. The van der Waals surface area contributed by atoms with Gasteiger partial charge in [-0.15, -0.1) is 12.6 Å². The summed E-state index contributed by atoms with van der Waals surface area (Å²) in [6, 6.07) is 2.33. The lowest BCUT2D eigenvalue weighted by atomic mass is 9.92. The molecule has 0 aliphatic heterocycles. The number of nitrogens with one attached hydrogen (secondary N) is 1. The lowest BCUT2D eigenvalue weighted by Gasteiger charge is -2.15. The molecule has 1 atom stereocenters. The van der Waals surface area contributed by atoms with Crippen LogP contribution in [0.1, 0.15) is 46.4 Å². The maximum atomic E-state index is 5.62. The Balaban J connectivity index is 3.10. The molecule has 0 radical (unpaired) electrons. The van der Waals surface area contributed by atoms with Crippen molar-refractivity contribution < 1.29 is 0 Å². The van der Waals surface area contributed by atoms with Gasteiger partial charge in [0.1, 0.15) is 11.3 Å². The Hall–Kier alpha value is -0.680. The van der Waals surface area contributed by atoms with Crippen LogP contribution in [0.5, 0.6) is 0 Å². The zero-order valence-electron chi connectivity index (χ0n) is 10.7. The maximum Gasteiger partial charge on any atom is 0.126 e. The molecule has 92 valence electrons. The standard InChI is InChI=1S/C11H22N4S/c1-7(2)15-9(13-10(12)16)6-8(14-15)11(3,4)5/h6-7,10,13,16H,12H2,1-5H3. The van der Waals surface area contributed by atoms with E-state index in [1.54, 1.807) is 0 Å². The van der Waals surface area contributed by atoms with Gasteiger partial charge in [0.15, 0.2) is 0 Å². The Morgan fingerprint density at radius 1 is 1.44 bits per heavy atom. The zero-order chi connectivity index (χ0) is 12.5. The Kier molecular flexibility index (Phi) is 3.91. The summed E-state index contributed by atoms with van der Waals surface area (Å²) in [6.07, 6.45) is 0. The van der Waals surface area contributed by atoms with E-state index in [0.717, 1.165) is 11.5 Å². The van der Waals surface area contributed by atoms with Crippen molar-refractivity contribution in [1.82, 2.24) is 9.78 Å². The first kappa shape index (κ1) is 13.4. The van der Waals surface area contributed by atoms with E-state index in [0.29, 0.717) is 6.04 Å². The van der Waals surface area contributed by atoms with Crippen molar-refractivity contribution in [2.45, 2.75) is 51.6 Å². The lowest BCUT2D eigenvalue weighted by Crippen LogP contribution is -2.24. The molecule has 5 heteroatoms. The van der Waals surface area contributed by atoms with Crippen molar-refractivity contribution in [3.05, 3.63) is 11.8 Å². The van der Waals surface area contributed by atoms with E-state index in [1.807, 2.05) is 10.7 Å². The molecule has 1 heterocycles. The van der Waals surface area contributed by atoms with Crippen molar-refractivity contribution >= 4 is 18.4 Å². The van der Waals surface area contributed by atoms with Crippen LogP contribution < -0.4 is 11.1 Å². The highest BCUT2D eigenvalue weighted by atomic mass is 32.1. The van der Waals surface area contributed by atoms with Gasteiger partial charge in [-0.05, 0) is 13.8 Å². The number of hydrogen-bond donors (Lipinski definition) is 3. The fraction of sp³-hybridized carbons (Fsp3) is 0.727. The van der Waals surface area contributed by atoms with Crippen molar-refractivity contribution in [2.24, 2.45) is 5.73 Å². The molecule has 0 saturated carbocycles. The summed E-state index contributed by atoms with van der Waals surface area (Å²) < 4.78 is 1.94. The van der Waals surface area contributed by atoms with Crippen LogP contribution in [-0.2, 0) is 5.41 Å². The maximum absolute atomic E-state index is 5.62. The van der Waals surface area contributed by atoms with E-state index in [1.165, 1.54) is 0 Å². The molecule has 1 unspecified atom stereocenters. The summed E-state index contributed by atoms with van der Waals surface area (Å²) in [7, 11) is 0. The van der Waals surface area contributed by atoms with Gasteiger partial charge in [-0.25, -0.2) is 4.68 Å². The van der Waals surface area contributed by atoms with Crippen molar-refractivity contribution in [2.75, 3.05) is 5.32 Å². The topological polar surface area (TPSA) is 55.9 Å². The predicted molar refractivity (Wildman–Crippen MR) is 71.9 cm³/mol. The molecule has 0 bridgehead atoms. The minimum absolute atomic E-state index is 0.0390. The number of rotatable bonds is 3. The van der Waals surface area contributed by atoms with Crippen LogP contribution in [0.3, 0.4) is 0 Å². The SMILES string of the molecule is CC(C)n1nc(C(C)(C)C)cc1NC(N)S. The average molecular weight is 242 g/mol. The van der Waals surface area contributed by atoms with Gasteiger partial charge < -0.3 is 11.1 Å². The molecule has 4 nitrogen and oxygen atoms in total. The summed E-state index contributed by atoms with van der Waals surface area (Å²) >= 11 is 4.13. The fourth-order valence-electron chi connectivity index (χ4n) is 1.41. The molecule has 3 N–H and O–H groups in total. The quantitative estimate of drug-likeness (QED) is 0.563. The Bertz CT molecular complexity index is 349. The van der Waals surface area contributed by atoms with Gasteiger partial charge in [0, 0.05) is 17.5 Å². The zero-order valence-corrected chi connectivity index (χ0v) is 11.5. The highest BCUT2D eigenvalue weighted by Crippen LogP contribution is 2.26. The summed E-state index contributed by atoms with van der Waals surface area (Å²) in [5.41, 5.74) is 6.34. The number of hydrogen-bond acceptors (Lipinski definition) is 4. The van der Waals surface area contributed by atoms with Gasteiger partial charge in [-0.1, -0.05) is 20.8 Å². The molecule has 0 aromatic carbocycles. The number of thiol groups is 1. The van der Waals surface area contributed by atoms with Gasteiger partial charge in [0.05, 0.1) is 5.69 Å². The highest BCUT2D eigenvalue weighted by molar-refractivity contribution is 7.81. The monoisotopic (exact) mass is 242 g/mol. The molecular formula is C11H22N4S. The smallest absolute Gasteiger partial charge is 0.126 e. The first-order valence-corrected chi connectivity index (χ1v) is 6.03. The van der Waals surface area contributed by atoms with E-state index < -0.39 is 0 Å². The summed E-state index contributed by atoms with van der Waals surface area (Å²) in [5.74, 6) is 0.919. The van der Waals surface area contributed by atoms with Crippen molar-refractivity contribution in [3.8, 4) is 0 Å². The molecule has 16 heavy (non-hydrogen) atoms. The third-order valence-electron chi connectivity index (χ3n) is 2.29. The number of aromatic nitrogens is 2. The number of anilines is 1. The highest BCUT2D eigenvalue weighted by Gasteiger charge is 2.21. The van der Waals surface area contributed by atoms with E-state index in [-0.39, 0.29) is 10.9 Å². The van der Waals surface area contributed by atoms with Crippen LogP contribution in [0, 0.1) is 0 Å². The number of nitrogens with zero attached hydrogens (tertiary/aromatic N) is 2. The summed E-state index contributed by atoms with van der Waals surface area (Å²) in [6.45, 7) is 10.6. The molecular weight excluding hydrogens is 220 g/mol. The second kappa shape index (κ2) is 4.67. The molecule has 0 spiro atoms. The Labute approximate surface area is 103 Å². The molecule has 0 fully saturated rings. The minimum atomic E-state index is -0.373. The predicted octanol–water partition coefficient (Wildman–Crippen LogP) is 2.35. The largest absolute Gasteiger partial charge is 0.347 e.